The van der Waals surface area contributed by atoms with Crippen LogP contribution in [0.1, 0.15) is 6.92 Å². The van der Waals surface area contributed by atoms with Crippen LogP contribution in [0, 0.1) is 0 Å². The van der Waals surface area contributed by atoms with E-state index in [9.17, 15) is 0 Å². The van der Waals surface area contributed by atoms with Crippen molar-refractivity contribution in [1.82, 2.24) is 0 Å². The molecule has 274 valence electrons. The smallest absolute Gasteiger partial charge is 0.175 e. The van der Waals surface area contributed by atoms with Crippen LogP contribution >= 0.6 is 14.1 Å². The molecule has 8 aromatic rings. The van der Waals surface area contributed by atoms with Gasteiger partial charge in [-0.3, -0.25) is 0 Å². The minimum absolute atomic E-state index is 0.693. The summed E-state index contributed by atoms with van der Waals surface area (Å²) in [4.78, 5) is 11.9. The molecule has 0 spiro atoms. The van der Waals surface area contributed by atoms with Gasteiger partial charge >= 0.3 is 0 Å². The summed E-state index contributed by atoms with van der Waals surface area (Å²) < 4.78 is 0. The van der Waals surface area contributed by atoms with Crippen LogP contribution in [-0.2, 0) is 0 Å². The van der Waals surface area contributed by atoms with Crippen LogP contribution in [0.5, 0.6) is 0 Å². The van der Waals surface area contributed by atoms with Gasteiger partial charge in [0, 0.05) is 5.29 Å². The first kappa shape index (κ1) is 36.5. The van der Waals surface area contributed by atoms with E-state index in [0.717, 1.165) is 22.8 Å². The van der Waals surface area contributed by atoms with Gasteiger partial charge in [0.1, 0.15) is 34.6 Å². The van der Waals surface area contributed by atoms with E-state index in [-0.39, 0.29) is 0 Å². The third-order valence-electron chi connectivity index (χ3n) is 11.2. The highest BCUT2D eigenvalue weighted by Crippen LogP contribution is 2.72. The summed E-state index contributed by atoms with van der Waals surface area (Å²) in [7, 11) is -2.70. The third-order valence-corrected chi connectivity index (χ3v) is 20.5. The molecule has 0 aliphatic heterocycles. The first-order valence-corrected chi connectivity index (χ1v) is 23.0. The second kappa shape index (κ2) is 15.8. The van der Waals surface area contributed by atoms with Gasteiger partial charge in [-0.2, -0.15) is 0 Å². The van der Waals surface area contributed by atoms with Crippen molar-refractivity contribution in [3.8, 4) is 0 Å². The molecule has 9 rings (SSSR count). The monoisotopic (exact) mass is 769 g/mol. The molecule has 4 heteroatoms. The fourth-order valence-corrected chi connectivity index (χ4v) is 19.0. The van der Waals surface area contributed by atoms with Gasteiger partial charge in [0.05, 0.1) is 11.4 Å². The molecule has 1 saturated carbocycles. The van der Waals surface area contributed by atoms with E-state index >= 15 is 0 Å². The Labute approximate surface area is 337 Å². The lowest BCUT2D eigenvalue weighted by Crippen LogP contribution is -2.70. The summed E-state index contributed by atoms with van der Waals surface area (Å²) in [6.07, 6.45) is 0. The van der Waals surface area contributed by atoms with E-state index in [1.54, 1.807) is 0 Å². The van der Waals surface area contributed by atoms with Crippen molar-refractivity contribution in [2.75, 3.05) is 0 Å². The summed E-state index contributed by atoms with van der Waals surface area (Å²) in [6, 6.07) is 88.1. The molecule has 0 unspecified atom stereocenters. The van der Waals surface area contributed by atoms with E-state index in [0.29, 0.717) is 0 Å². The van der Waals surface area contributed by atoms with Crippen LogP contribution < -0.4 is 31.8 Å². The summed E-state index contributed by atoms with van der Waals surface area (Å²) in [6.45, 7) is -0.240. The SMILES string of the molecule is CC1([P+](c2ccccc2)(c2ccccc2)c2ccccc2)C(=Nc2ccccc2)C(=P(c2ccccc2)(c2ccccc2)c2ccccc2)C1=Nc1ccccc1. The number of rotatable bonds is 9. The Morgan fingerprint density at radius 3 is 0.860 bits per heavy atom. The van der Waals surface area contributed by atoms with Crippen molar-refractivity contribution >= 4 is 74.1 Å². The molecule has 0 heterocycles. The predicted molar refractivity (Wildman–Crippen MR) is 251 cm³/mol. The Morgan fingerprint density at radius 2 is 0.579 bits per heavy atom. The fraction of sp³-hybridized carbons (Fsp3) is 0.0377. The highest BCUT2D eigenvalue weighted by Gasteiger charge is 2.73. The quantitative estimate of drug-likeness (QED) is 0.131. The molecular formula is C53H43N2P2+. The molecule has 1 aliphatic carbocycles. The Hall–Kier alpha value is -6.17. The van der Waals surface area contributed by atoms with Crippen molar-refractivity contribution in [3.63, 3.8) is 0 Å². The zero-order valence-corrected chi connectivity index (χ0v) is 33.7. The van der Waals surface area contributed by atoms with Crippen LogP contribution in [0.15, 0.2) is 253 Å². The molecular weight excluding hydrogens is 727 g/mol. The Bertz CT molecular complexity index is 2440. The van der Waals surface area contributed by atoms with Crippen LogP contribution in [0.4, 0.5) is 11.4 Å². The van der Waals surface area contributed by atoms with E-state index in [1.807, 2.05) is 0 Å². The molecule has 0 bridgehead atoms. The maximum absolute atomic E-state index is 5.93. The second-order valence-corrected chi connectivity index (χ2v) is 21.5. The lowest BCUT2D eigenvalue weighted by molar-refractivity contribution is 1.09. The van der Waals surface area contributed by atoms with E-state index < -0.39 is 19.3 Å². The van der Waals surface area contributed by atoms with Crippen molar-refractivity contribution in [3.05, 3.63) is 243 Å². The van der Waals surface area contributed by atoms with Gasteiger partial charge in [-0.15, -0.1) is 0 Å². The lowest BCUT2D eigenvalue weighted by Gasteiger charge is -2.53. The van der Waals surface area contributed by atoms with E-state index in [2.05, 4.69) is 250 Å². The van der Waals surface area contributed by atoms with Crippen molar-refractivity contribution in [2.24, 2.45) is 9.98 Å². The van der Waals surface area contributed by atoms with Gasteiger partial charge < -0.3 is 0 Å². The first-order valence-electron chi connectivity index (χ1n) is 19.5. The summed E-state index contributed by atoms with van der Waals surface area (Å²) >= 11 is 0. The molecule has 0 amide bonds. The van der Waals surface area contributed by atoms with Crippen molar-refractivity contribution < 1.29 is 0 Å². The summed E-state index contributed by atoms with van der Waals surface area (Å²) in [5, 5.41) is 8.18. The lowest BCUT2D eigenvalue weighted by atomic mass is 9.79. The highest BCUT2D eigenvalue weighted by molar-refractivity contribution is 8.02. The minimum atomic E-state index is -2.70. The number of hydrogen-bond donors (Lipinski definition) is 0. The Kier molecular flexibility index (Phi) is 10.1. The second-order valence-electron chi connectivity index (χ2n) is 14.4. The molecule has 57 heavy (non-hydrogen) atoms. The highest BCUT2D eigenvalue weighted by atomic mass is 31.2. The number of para-hydroxylation sites is 2. The summed E-state index contributed by atoms with van der Waals surface area (Å²) in [5.74, 6) is 0. The molecule has 0 N–H and O–H groups in total. The maximum atomic E-state index is 5.93. The van der Waals surface area contributed by atoms with Crippen LogP contribution in [0.25, 0.3) is 0 Å². The zero-order chi connectivity index (χ0) is 38.5. The Morgan fingerprint density at radius 1 is 0.333 bits per heavy atom. The molecule has 0 radical (unpaired) electrons. The van der Waals surface area contributed by atoms with Gasteiger partial charge in [0.25, 0.3) is 0 Å². The number of aliphatic imine (C=N–C) groups is 2. The van der Waals surface area contributed by atoms with Gasteiger partial charge in [-0.1, -0.05) is 182 Å². The normalized spacial score (nSPS) is 17.0. The molecule has 0 aromatic heterocycles. The van der Waals surface area contributed by atoms with Crippen LogP contribution in [-0.4, -0.2) is 21.9 Å². The van der Waals surface area contributed by atoms with E-state index in [1.165, 1.54) is 37.1 Å². The zero-order valence-electron chi connectivity index (χ0n) is 31.9. The summed E-state index contributed by atoms with van der Waals surface area (Å²) in [5.41, 5.74) is 4.01. The van der Waals surface area contributed by atoms with Gasteiger partial charge in [0.2, 0.25) is 0 Å². The number of nitrogens with zero attached hydrogens (tertiary/aromatic N) is 2. The molecule has 8 aromatic carbocycles. The van der Waals surface area contributed by atoms with Crippen LogP contribution in [0.3, 0.4) is 0 Å². The third kappa shape index (κ3) is 6.09. The molecule has 1 fully saturated rings. The van der Waals surface area contributed by atoms with Crippen molar-refractivity contribution in [2.45, 2.75) is 12.1 Å². The molecule has 0 atom stereocenters. The van der Waals surface area contributed by atoms with Gasteiger partial charge in [-0.25, -0.2) is 9.98 Å². The van der Waals surface area contributed by atoms with Crippen molar-refractivity contribution in [1.29, 1.82) is 0 Å². The van der Waals surface area contributed by atoms with Gasteiger partial charge in [0.15, 0.2) is 5.16 Å². The molecule has 2 nitrogen and oxygen atoms in total. The average Bonchev–Trinajstić information content (AvgIpc) is 3.30. The number of benzene rings is 8. The van der Waals surface area contributed by atoms with Crippen LogP contribution in [0.2, 0.25) is 0 Å². The first-order chi connectivity index (χ1) is 28.2. The standard InChI is InChI=1S/C53H43N2P2/c1-53(57(47-36-20-7-21-37-47,48-38-22-8-23-39-48)49-40-24-9-25-41-49)51(54-42-26-10-2-11-27-42)50(52(53)55-43-28-12-3-13-29-43)56(44-30-14-4-15-31-44,45-32-16-5-17-33-45)46-34-18-6-19-35-46/h2-41H,1H3/q+1. The fourth-order valence-electron chi connectivity index (χ4n) is 8.81. The topological polar surface area (TPSA) is 24.7 Å². The maximum Gasteiger partial charge on any atom is 0.175 e. The average molecular weight is 770 g/mol. The predicted octanol–water partition coefficient (Wildman–Crippen LogP) is 10.5. The number of hydrogen-bond acceptors (Lipinski definition) is 2. The largest absolute Gasteiger partial charge is 0.248 e. The van der Waals surface area contributed by atoms with E-state index in [4.69, 9.17) is 9.98 Å². The minimum Gasteiger partial charge on any atom is -0.248 e. The van der Waals surface area contributed by atoms with Gasteiger partial charge in [-0.05, 0) is 90.4 Å². The Balaban J connectivity index is 1.57. The molecule has 0 saturated heterocycles. The molecule has 1 aliphatic rings.